The molecule has 0 saturated heterocycles. The van der Waals surface area contributed by atoms with Crippen LogP contribution in [0.3, 0.4) is 0 Å². The molecule has 0 aromatic heterocycles. The summed E-state index contributed by atoms with van der Waals surface area (Å²) >= 11 is 5.91. The molecule has 0 amide bonds. The molecule has 0 aliphatic rings. The molecule has 0 bridgehead atoms. The second-order valence-electron chi connectivity index (χ2n) is 4.05. The van der Waals surface area contributed by atoms with Crippen molar-refractivity contribution in [3.05, 3.63) is 58.4 Å². The van der Waals surface area contributed by atoms with E-state index in [4.69, 9.17) is 22.1 Å². The van der Waals surface area contributed by atoms with Crippen LogP contribution >= 0.6 is 11.6 Å². The van der Waals surface area contributed by atoms with Crippen molar-refractivity contribution in [2.24, 2.45) is 0 Å². The topological polar surface area (TPSA) is 35.2 Å². The Bertz CT molecular complexity index is 572. The third-order valence-electron chi connectivity index (χ3n) is 2.60. The Balaban J connectivity index is 2.09. The molecule has 0 spiro atoms. The summed E-state index contributed by atoms with van der Waals surface area (Å²) in [5, 5.41) is 0.681. The predicted octanol–water partition coefficient (Wildman–Crippen LogP) is 3.95. The molecule has 0 atom stereocenters. The first kappa shape index (κ1) is 12.7. The van der Waals surface area contributed by atoms with E-state index in [1.54, 1.807) is 24.3 Å². The number of hydrogen-bond acceptors (Lipinski definition) is 2. The highest BCUT2D eigenvalue weighted by molar-refractivity contribution is 6.31. The Labute approximate surface area is 110 Å². The summed E-state index contributed by atoms with van der Waals surface area (Å²) in [6, 6.07) is 9.88. The second-order valence-corrected chi connectivity index (χ2v) is 4.46. The number of anilines is 1. The first-order valence-electron chi connectivity index (χ1n) is 5.49. The Hall–Kier alpha value is -1.74. The standard InChI is InChI=1S/C14H13ClFNO/c1-9-6-12(4-5-13(9)15)18-8-10-2-3-11(17)7-14(10)16/h2-7H,8,17H2,1H3. The van der Waals surface area contributed by atoms with Crippen LogP contribution in [0.1, 0.15) is 11.1 Å². The van der Waals surface area contributed by atoms with Gasteiger partial charge in [-0.1, -0.05) is 17.7 Å². The minimum Gasteiger partial charge on any atom is -0.489 e. The van der Waals surface area contributed by atoms with E-state index in [0.29, 0.717) is 22.0 Å². The summed E-state index contributed by atoms with van der Waals surface area (Å²) in [6.07, 6.45) is 0. The van der Waals surface area contributed by atoms with Crippen LogP contribution in [-0.2, 0) is 6.61 Å². The molecule has 0 unspecified atom stereocenters. The van der Waals surface area contributed by atoms with E-state index >= 15 is 0 Å². The Morgan fingerprint density at radius 2 is 2.00 bits per heavy atom. The number of nitrogen functional groups attached to an aromatic ring is 1. The van der Waals surface area contributed by atoms with Gasteiger partial charge in [0.25, 0.3) is 0 Å². The number of hydrogen-bond donors (Lipinski definition) is 1. The highest BCUT2D eigenvalue weighted by Gasteiger charge is 2.04. The van der Waals surface area contributed by atoms with Crippen LogP contribution in [0, 0.1) is 12.7 Å². The van der Waals surface area contributed by atoms with Gasteiger partial charge < -0.3 is 10.5 Å². The summed E-state index contributed by atoms with van der Waals surface area (Å²) < 4.78 is 19.0. The van der Waals surface area contributed by atoms with Crippen molar-refractivity contribution in [1.29, 1.82) is 0 Å². The van der Waals surface area contributed by atoms with Crippen molar-refractivity contribution in [3.63, 3.8) is 0 Å². The average Bonchev–Trinajstić information content (AvgIpc) is 2.32. The van der Waals surface area contributed by atoms with Gasteiger partial charge in [-0.05, 0) is 42.8 Å². The van der Waals surface area contributed by atoms with Crippen LogP contribution in [0.4, 0.5) is 10.1 Å². The average molecular weight is 266 g/mol. The van der Waals surface area contributed by atoms with Crippen molar-refractivity contribution < 1.29 is 9.13 Å². The van der Waals surface area contributed by atoms with E-state index in [-0.39, 0.29) is 12.4 Å². The SMILES string of the molecule is Cc1cc(OCc2ccc(N)cc2F)ccc1Cl. The zero-order valence-electron chi connectivity index (χ0n) is 9.91. The van der Waals surface area contributed by atoms with E-state index in [2.05, 4.69) is 0 Å². The van der Waals surface area contributed by atoms with Crippen LogP contribution in [-0.4, -0.2) is 0 Å². The molecular formula is C14H13ClFNO. The maximum Gasteiger partial charge on any atom is 0.131 e. The molecular weight excluding hydrogens is 253 g/mol. The first-order chi connectivity index (χ1) is 8.56. The normalized spacial score (nSPS) is 10.4. The van der Waals surface area contributed by atoms with Gasteiger partial charge in [0.15, 0.2) is 0 Å². The number of aryl methyl sites for hydroxylation is 1. The molecule has 4 heteroatoms. The molecule has 0 saturated carbocycles. The molecule has 0 aliphatic carbocycles. The highest BCUT2D eigenvalue weighted by atomic mass is 35.5. The molecule has 94 valence electrons. The van der Waals surface area contributed by atoms with E-state index in [1.807, 2.05) is 13.0 Å². The quantitative estimate of drug-likeness (QED) is 0.853. The summed E-state index contributed by atoms with van der Waals surface area (Å²) in [6.45, 7) is 2.05. The van der Waals surface area contributed by atoms with E-state index in [9.17, 15) is 4.39 Å². The summed E-state index contributed by atoms with van der Waals surface area (Å²) in [5.74, 6) is 0.300. The van der Waals surface area contributed by atoms with E-state index in [0.717, 1.165) is 5.56 Å². The summed E-state index contributed by atoms with van der Waals surface area (Å²) in [5.41, 5.74) is 7.27. The summed E-state index contributed by atoms with van der Waals surface area (Å²) in [7, 11) is 0. The largest absolute Gasteiger partial charge is 0.489 e. The lowest BCUT2D eigenvalue weighted by Gasteiger charge is -2.09. The van der Waals surface area contributed by atoms with Crippen molar-refractivity contribution in [1.82, 2.24) is 0 Å². The summed E-state index contributed by atoms with van der Waals surface area (Å²) in [4.78, 5) is 0. The number of ether oxygens (including phenoxy) is 1. The number of rotatable bonds is 3. The van der Waals surface area contributed by atoms with Gasteiger partial charge in [-0.15, -0.1) is 0 Å². The van der Waals surface area contributed by atoms with Crippen molar-refractivity contribution in [3.8, 4) is 5.75 Å². The monoisotopic (exact) mass is 265 g/mol. The predicted molar refractivity (Wildman–Crippen MR) is 71.3 cm³/mol. The van der Waals surface area contributed by atoms with Gasteiger partial charge >= 0.3 is 0 Å². The fourth-order valence-electron chi connectivity index (χ4n) is 1.55. The van der Waals surface area contributed by atoms with Gasteiger partial charge in [0.1, 0.15) is 18.2 Å². The zero-order valence-corrected chi connectivity index (χ0v) is 10.7. The Morgan fingerprint density at radius 3 is 2.67 bits per heavy atom. The van der Waals surface area contributed by atoms with Crippen LogP contribution in [0.5, 0.6) is 5.75 Å². The molecule has 0 aliphatic heterocycles. The van der Waals surface area contributed by atoms with Gasteiger partial charge in [0, 0.05) is 16.3 Å². The van der Waals surface area contributed by atoms with Gasteiger partial charge in [0.05, 0.1) is 0 Å². The number of benzene rings is 2. The van der Waals surface area contributed by atoms with Crippen LogP contribution in [0.15, 0.2) is 36.4 Å². The van der Waals surface area contributed by atoms with Gasteiger partial charge in [-0.2, -0.15) is 0 Å². The first-order valence-corrected chi connectivity index (χ1v) is 5.87. The minimum atomic E-state index is -0.360. The number of halogens is 2. The van der Waals surface area contributed by atoms with Crippen molar-refractivity contribution >= 4 is 17.3 Å². The molecule has 0 heterocycles. The molecule has 18 heavy (non-hydrogen) atoms. The Kier molecular flexibility index (Phi) is 3.72. The molecule has 2 nitrogen and oxygen atoms in total. The maximum absolute atomic E-state index is 13.5. The smallest absolute Gasteiger partial charge is 0.131 e. The van der Waals surface area contributed by atoms with Gasteiger partial charge in [0.2, 0.25) is 0 Å². The molecule has 2 N–H and O–H groups in total. The molecule has 2 aromatic carbocycles. The molecule has 2 aromatic rings. The molecule has 0 radical (unpaired) electrons. The Morgan fingerprint density at radius 1 is 1.22 bits per heavy atom. The van der Waals surface area contributed by atoms with Crippen LogP contribution in [0.2, 0.25) is 5.02 Å². The number of nitrogens with two attached hydrogens (primary N) is 1. The van der Waals surface area contributed by atoms with Crippen LogP contribution < -0.4 is 10.5 Å². The van der Waals surface area contributed by atoms with Crippen LogP contribution in [0.25, 0.3) is 0 Å². The molecule has 0 fully saturated rings. The van der Waals surface area contributed by atoms with Gasteiger partial charge in [-0.25, -0.2) is 4.39 Å². The fourth-order valence-corrected chi connectivity index (χ4v) is 1.67. The maximum atomic E-state index is 13.5. The lowest BCUT2D eigenvalue weighted by atomic mass is 10.2. The van der Waals surface area contributed by atoms with E-state index in [1.165, 1.54) is 6.07 Å². The van der Waals surface area contributed by atoms with Crippen molar-refractivity contribution in [2.45, 2.75) is 13.5 Å². The minimum absolute atomic E-state index is 0.160. The molecule has 2 rings (SSSR count). The lowest BCUT2D eigenvalue weighted by Crippen LogP contribution is -1.99. The van der Waals surface area contributed by atoms with Gasteiger partial charge in [-0.3, -0.25) is 0 Å². The zero-order chi connectivity index (χ0) is 13.1. The third-order valence-corrected chi connectivity index (χ3v) is 3.02. The highest BCUT2D eigenvalue weighted by Crippen LogP contribution is 2.22. The van der Waals surface area contributed by atoms with E-state index < -0.39 is 0 Å². The fraction of sp³-hybridized carbons (Fsp3) is 0.143. The van der Waals surface area contributed by atoms with Crippen molar-refractivity contribution in [2.75, 3.05) is 5.73 Å². The second kappa shape index (κ2) is 5.27. The lowest BCUT2D eigenvalue weighted by molar-refractivity contribution is 0.299. The third kappa shape index (κ3) is 2.93.